The summed E-state index contributed by atoms with van der Waals surface area (Å²) in [6.07, 6.45) is -7.75. The monoisotopic (exact) mass is 508 g/mol. The number of halogens is 7. The summed E-state index contributed by atoms with van der Waals surface area (Å²) in [5, 5.41) is 11.8. The van der Waals surface area contributed by atoms with E-state index in [1.807, 2.05) is 6.92 Å². The van der Waals surface area contributed by atoms with Crippen molar-refractivity contribution in [3.8, 4) is 0 Å². The molecule has 194 valence electrons. The highest BCUT2D eigenvalue weighted by Crippen LogP contribution is 2.37. The topological polar surface area (TPSA) is 52.6 Å². The number of rotatable bonds is 3. The molecule has 0 unspecified atom stereocenters. The first-order chi connectivity index (χ1) is 16.1. The third-order valence-electron chi connectivity index (χ3n) is 5.88. The molecule has 1 amide bonds. The predicted octanol–water partition coefficient (Wildman–Crippen LogP) is 7.34. The van der Waals surface area contributed by atoms with Gasteiger partial charge in [0, 0.05) is 12.6 Å². The minimum absolute atomic E-state index is 0.0559. The first-order valence-electron chi connectivity index (χ1n) is 10.9. The molecule has 1 saturated heterocycles. The number of carbonyl (C=O) groups is 1. The summed E-state index contributed by atoms with van der Waals surface area (Å²) in [6, 6.07) is 5.39. The Labute approximate surface area is 198 Å². The number of amides is 1. The summed E-state index contributed by atoms with van der Waals surface area (Å²) in [4.78, 5) is 12.6. The first-order valence-corrected chi connectivity index (χ1v) is 10.9. The maximum Gasteiger partial charge on any atom is 0.416 e. The summed E-state index contributed by atoms with van der Waals surface area (Å²) in [7, 11) is 1.46. The van der Waals surface area contributed by atoms with E-state index in [0.29, 0.717) is 6.54 Å². The molecule has 11 heteroatoms. The van der Waals surface area contributed by atoms with Gasteiger partial charge in [-0.25, -0.2) is 9.18 Å². The number of benzene rings is 2. The van der Waals surface area contributed by atoms with Crippen molar-refractivity contribution in [2.45, 2.75) is 57.5 Å². The van der Waals surface area contributed by atoms with Gasteiger partial charge < -0.3 is 15.3 Å². The summed E-state index contributed by atoms with van der Waals surface area (Å²) in [6.45, 7) is 3.87. The molecule has 2 N–H and O–H groups in total. The van der Waals surface area contributed by atoms with Crippen LogP contribution in [0.2, 0.25) is 0 Å². The van der Waals surface area contributed by atoms with Gasteiger partial charge in [0.15, 0.2) is 0 Å². The van der Waals surface area contributed by atoms with Crippen LogP contribution < -0.4 is 5.32 Å². The molecule has 0 aromatic heterocycles. The van der Waals surface area contributed by atoms with Crippen LogP contribution in [0.4, 0.5) is 35.5 Å². The summed E-state index contributed by atoms with van der Waals surface area (Å²) in [5.74, 6) is -0.274. The van der Waals surface area contributed by atoms with Crippen LogP contribution in [-0.4, -0.2) is 29.7 Å². The van der Waals surface area contributed by atoms with E-state index >= 15 is 0 Å². The van der Waals surface area contributed by atoms with Crippen molar-refractivity contribution >= 4 is 6.09 Å². The molecule has 0 bridgehead atoms. The van der Waals surface area contributed by atoms with E-state index in [9.17, 15) is 35.5 Å². The van der Waals surface area contributed by atoms with Crippen LogP contribution in [0.15, 0.2) is 36.4 Å². The number of likely N-dealkylation sites (tertiary alicyclic amines) is 1. The number of hydrogen-bond donors (Lipinski definition) is 2. The van der Waals surface area contributed by atoms with E-state index in [0.717, 1.165) is 42.5 Å². The van der Waals surface area contributed by atoms with Crippen molar-refractivity contribution < 1.29 is 40.6 Å². The van der Waals surface area contributed by atoms with E-state index < -0.39 is 35.6 Å². The summed E-state index contributed by atoms with van der Waals surface area (Å²) < 4.78 is 88.1. The molecule has 2 aromatic carbocycles. The average Bonchev–Trinajstić information content (AvgIpc) is 2.77. The van der Waals surface area contributed by atoms with Gasteiger partial charge in [-0.3, -0.25) is 0 Å². The van der Waals surface area contributed by atoms with Gasteiger partial charge in [0.1, 0.15) is 5.82 Å². The molecular formula is C24H27F7N2O2. The number of nitrogens with zero attached hydrogens (tertiary/aromatic N) is 1. The number of piperidine rings is 1. The lowest BCUT2D eigenvalue weighted by Gasteiger charge is -2.34. The molecule has 1 aliphatic rings. The zero-order chi connectivity index (χ0) is 26.6. The number of carboxylic acid groups (broad SMARTS) is 1. The van der Waals surface area contributed by atoms with Crippen LogP contribution in [0.3, 0.4) is 0 Å². The molecule has 0 spiro atoms. The largest absolute Gasteiger partial charge is 0.465 e. The Morgan fingerprint density at radius 3 is 2.06 bits per heavy atom. The minimum atomic E-state index is -4.80. The van der Waals surface area contributed by atoms with Gasteiger partial charge in [-0.15, -0.1) is 0 Å². The molecule has 1 heterocycles. The van der Waals surface area contributed by atoms with Crippen LogP contribution in [0, 0.1) is 12.7 Å². The third-order valence-corrected chi connectivity index (χ3v) is 5.88. The van der Waals surface area contributed by atoms with Gasteiger partial charge in [-0.05, 0) is 87.2 Å². The fourth-order valence-corrected chi connectivity index (χ4v) is 3.89. The van der Waals surface area contributed by atoms with Gasteiger partial charge in [0.25, 0.3) is 0 Å². The molecule has 2 atom stereocenters. The van der Waals surface area contributed by atoms with E-state index in [1.54, 1.807) is 6.07 Å². The van der Waals surface area contributed by atoms with E-state index in [1.165, 1.54) is 31.0 Å². The number of nitrogens with one attached hydrogen (secondary N) is 1. The Morgan fingerprint density at radius 2 is 1.60 bits per heavy atom. The van der Waals surface area contributed by atoms with Crippen LogP contribution >= 0.6 is 0 Å². The Bertz CT molecular complexity index is 990. The molecule has 0 aliphatic carbocycles. The van der Waals surface area contributed by atoms with Crippen molar-refractivity contribution in [3.05, 3.63) is 70.0 Å². The third kappa shape index (κ3) is 7.58. The van der Waals surface area contributed by atoms with Crippen molar-refractivity contribution in [2.24, 2.45) is 0 Å². The normalized spacial score (nSPS) is 17.4. The van der Waals surface area contributed by atoms with Crippen molar-refractivity contribution in [3.63, 3.8) is 0 Å². The van der Waals surface area contributed by atoms with Crippen molar-refractivity contribution in [1.29, 1.82) is 0 Å². The summed E-state index contributed by atoms with van der Waals surface area (Å²) in [5.41, 5.74) is -0.903. The highest BCUT2D eigenvalue weighted by Gasteiger charge is 2.37. The maximum atomic E-state index is 13.0. The lowest BCUT2D eigenvalue weighted by molar-refractivity contribution is -0.143. The second-order valence-electron chi connectivity index (χ2n) is 8.34. The van der Waals surface area contributed by atoms with E-state index in [-0.39, 0.29) is 23.5 Å². The quantitative estimate of drug-likeness (QED) is 0.427. The maximum absolute atomic E-state index is 13.0. The first kappa shape index (κ1) is 28.4. The number of aryl methyl sites for hydroxylation is 1. The molecule has 2 aromatic rings. The van der Waals surface area contributed by atoms with Gasteiger partial charge >= 0.3 is 18.4 Å². The molecule has 1 aliphatic heterocycles. The number of alkyl halides is 6. The Hall–Kier alpha value is -2.82. The van der Waals surface area contributed by atoms with Gasteiger partial charge in [-0.2, -0.15) is 26.3 Å². The van der Waals surface area contributed by atoms with Crippen LogP contribution in [0.5, 0.6) is 0 Å². The molecule has 3 rings (SSSR count). The van der Waals surface area contributed by atoms with E-state index in [4.69, 9.17) is 5.11 Å². The Kier molecular flexibility index (Phi) is 9.16. The average molecular weight is 508 g/mol. The SMILES string of the molecule is CN[C@H](C)c1cc(C(F)(F)F)cc(C(F)(F)F)c1.Cc1cc(F)ccc1[C@H]1CCCCN1C(=O)O. The number of hydrogen-bond acceptors (Lipinski definition) is 2. The highest BCUT2D eigenvalue weighted by molar-refractivity contribution is 5.66. The molecular weight excluding hydrogens is 481 g/mol. The smallest absolute Gasteiger partial charge is 0.416 e. The highest BCUT2D eigenvalue weighted by atomic mass is 19.4. The second-order valence-corrected chi connectivity index (χ2v) is 8.34. The van der Waals surface area contributed by atoms with E-state index in [2.05, 4.69) is 5.32 Å². The zero-order valence-corrected chi connectivity index (χ0v) is 19.4. The van der Waals surface area contributed by atoms with Crippen molar-refractivity contribution in [2.75, 3.05) is 13.6 Å². The fourth-order valence-electron chi connectivity index (χ4n) is 3.89. The Morgan fingerprint density at radius 1 is 1.03 bits per heavy atom. The summed E-state index contributed by atoms with van der Waals surface area (Å²) >= 11 is 0. The lowest BCUT2D eigenvalue weighted by Crippen LogP contribution is -2.37. The van der Waals surface area contributed by atoms with Gasteiger partial charge in [0.05, 0.1) is 17.2 Å². The molecule has 35 heavy (non-hydrogen) atoms. The second kappa shape index (κ2) is 11.3. The molecule has 0 saturated carbocycles. The van der Waals surface area contributed by atoms with Crippen LogP contribution in [0.25, 0.3) is 0 Å². The molecule has 4 nitrogen and oxygen atoms in total. The Balaban J connectivity index is 0.000000247. The van der Waals surface area contributed by atoms with Crippen LogP contribution in [-0.2, 0) is 12.4 Å². The minimum Gasteiger partial charge on any atom is -0.465 e. The molecule has 0 radical (unpaired) electrons. The van der Waals surface area contributed by atoms with Gasteiger partial charge in [-0.1, -0.05) is 6.07 Å². The van der Waals surface area contributed by atoms with Crippen LogP contribution in [0.1, 0.15) is 66.1 Å². The zero-order valence-electron chi connectivity index (χ0n) is 19.4. The molecule has 1 fully saturated rings. The van der Waals surface area contributed by atoms with Gasteiger partial charge in [0.2, 0.25) is 0 Å². The van der Waals surface area contributed by atoms with Crippen molar-refractivity contribution in [1.82, 2.24) is 10.2 Å². The predicted molar refractivity (Wildman–Crippen MR) is 116 cm³/mol. The fraction of sp³-hybridized carbons (Fsp3) is 0.458. The lowest BCUT2D eigenvalue weighted by atomic mass is 9.92. The standard InChI is InChI=1S/C13H16FNO2.C11H11F6N/c1-9-8-10(14)5-6-11(9)12-4-2-3-7-15(12)13(16)17;1-6(18-2)7-3-8(10(12,13)14)5-9(4-7)11(15,16)17/h5-6,8,12H,2-4,7H2,1H3,(H,16,17);3-6,18H,1-2H3/t12-;6-/m11/s1.